The van der Waals surface area contributed by atoms with E-state index in [2.05, 4.69) is 46.4 Å². The zero-order chi connectivity index (χ0) is 21.8. The van der Waals surface area contributed by atoms with E-state index < -0.39 is 5.41 Å². The van der Waals surface area contributed by atoms with Gasteiger partial charge in [0, 0.05) is 25.7 Å². The second-order valence-corrected chi connectivity index (χ2v) is 9.94. The normalized spacial score (nSPS) is 23.8. The van der Waals surface area contributed by atoms with E-state index in [0.29, 0.717) is 32.5 Å². The standard InChI is InChI=1S/C25H32N2O3S/c1-18(2)26-24(29)25(11-12-27(17-25)23(28)22-5-3-4-13-30-22)15-19-6-8-20(9-7-19)21-10-14-31-16-21/h6-10,14,16,18,22H,3-5,11-13,15,17H2,1-2H3,(H,26,29)/t22-,25+/m0/s1. The Labute approximate surface area is 188 Å². The number of nitrogens with zero attached hydrogens (tertiary/aromatic N) is 1. The quantitative estimate of drug-likeness (QED) is 0.730. The summed E-state index contributed by atoms with van der Waals surface area (Å²) in [5, 5.41) is 7.33. The molecule has 0 unspecified atom stereocenters. The highest BCUT2D eigenvalue weighted by atomic mass is 32.1. The van der Waals surface area contributed by atoms with Gasteiger partial charge in [0.25, 0.3) is 5.91 Å². The Morgan fingerprint density at radius 3 is 2.65 bits per heavy atom. The molecule has 1 N–H and O–H groups in total. The zero-order valence-electron chi connectivity index (χ0n) is 18.4. The third-order valence-corrected chi connectivity index (χ3v) is 7.06. The van der Waals surface area contributed by atoms with Crippen LogP contribution < -0.4 is 5.32 Å². The molecule has 2 saturated heterocycles. The van der Waals surface area contributed by atoms with Crippen LogP contribution in [0.2, 0.25) is 0 Å². The second-order valence-electron chi connectivity index (χ2n) is 9.16. The van der Waals surface area contributed by atoms with Crippen LogP contribution in [0.3, 0.4) is 0 Å². The van der Waals surface area contributed by atoms with Gasteiger partial charge in [0.05, 0.1) is 5.41 Å². The summed E-state index contributed by atoms with van der Waals surface area (Å²) < 4.78 is 5.72. The minimum atomic E-state index is -0.599. The van der Waals surface area contributed by atoms with Crippen LogP contribution in [0.5, 0.6) is 0 Å². The first-order valence-corrected chi connectivity index (χ1v) is 12.2. The van der Waals surface area contributed by atoms with Crippen molar-refractivity contribution in [1.29, 1.82) is 0 Å². The number of thiophene rings is 1. The lowest BCUT2D eigenvalue weighted by molar-refractivity contribution is -0.146. The largest absolute Gasteiger partial charge is 0.368 e. The number of likely N-dealkylation sites (tertiary alicyclic amines) is 1. The first kappa shape index (κ1) is 22.0. The zero-order valence-corrected chi connectivity index (χ0v) is 19.2. The fraction of sp³-hybridized carbons (Fsp3) is 0.520. The molecule has 3 heterocycles. The van der Waals surface area contributed by atoms with Crippen molar-refractivity contribution >= 4 is 23.2 Å². The second kappa shape index (κ2) is 9.53. The molecule has 2 amide bonds. The molecule has 2 aromatic rings. The fourth-order valence-electron chi connectivity index (χ4n) is 4.66. The number of hydrogen-bond donors (Lipinski definition) is 1. The molecule has 0 bridgehead atoms. The molecule has 0 radical (unpaired) electrons. The molecule has 1 aromatic carbocycles. The Morgan fingerprint density at radius 2 is 2.00 bits per heavy atom. The molecule has 4 rings (SSSR count). The van der Waals surface area contributed by atoms with Crippen LogP contribution in [0.15, 0.2) is 41.1 Å². The van der Waals surface area contributed by atoms with E-state index in [-0.39, 0.29) is 24.0 Å². The summed E-state index contributed by atoms with van der Waals surface area (Å²) in [6, 6.07) is 10.7. The van der Waals surface area contributed by atoms with Gasteiger partial charge in [0.1, 0.15) is 6.10 Å². The monoisotopic (exact) mass is 440 g/mol. The van der Waals surface area contributed by atoms with Gasteiger partial charge in [-0.1, -0.05) is 24.3 Å². The number of nitrogens with one attached hydrogen (secondary N) is 1. The molecule has 2 aliphatic heterocycles. The third-order valence-electron chi connectivity index (χ3n) is 6.37. The maximum Gasteiger partial charge on any atom is 0.251 e. The van der Waals surface area contributed by atoms with Gasteiger partial charge in [-0.3, -0.25) is 9.59 Å². The van der Waals surface area contributed by atoms with Gasteiger partial charge in [0.15, 0.2) is 0 Å². The summed E-state index contributed by atoms with van der Waals surface area (Å²) >= 11 is 1.69. The molecule has 2 fully saturated rings. The number of amides is 2. The summed E-state index contributed by atoms with van der Waals surface area (Å²) in [7, 11) is 0. The summed E-state index contributed by atoms with van der Waals surface area (Å²) in [5.41, 5.74) is 2.93. The Kier molecular flexibility index (Phi) is 6.77. The van der Waals surface area contributed by atoms with E-state index in [0.717, 1.165) is 24.8 Å². The number of rotatable bonds is 6. The van der Waals surface area contributed by atoms with E-state index >= 15 is 0 Å². The Hall–Kier alpha value is -2.18. The van der Waals surface area contributed by atoms with Gasteiger partial charge >= 0.3 is 0 Å². The molecule has 166 valence electrons. The van der Waals surface area contributed by atoms with Gasteiger partial charge in [-0.25, -0.2) is 0 Å². The number of carbonyl (C=O) groups excluding carboxylic acids is 2. The lowest BCUT2D eigenvalue weighted by Crippen LogP contribution is -2.48. The highest BCUT2D eigenvalue weighted by Gasteiger charge is 2.47. The molecular formula is C25H32N2O3S. The molecule has 31 heavy (non-hydrogen) atoms. The Morgan fingerprint density at radius 1 is 1.19 bits per heavy atom. The van der Waals surface area contributed by atoms with Crippen molar-refractivity contribution < 1.29 is 14.3 Å². The van der Waals surface area contributed by atoms with Gasteiger partial charge in [0.2, 0.25) is 5.91 Å². The molecule has 6 heteroatoms. The first-order chi connectivity index (χ1) is 15.0. The molecule has 5 nitrogen and oxygen atoms in total. The average Bonchev–Trinajstić information content (AvgIpc) is 3.45. The molecule has 0 aliphatic carbocycles. The van der Waals surface area contributed by atoms with Crippen LogP contribution in [0.25, 0.3) is 11.1 Å². The van der Waals surface area contributed by atoms with E-state index in [1.165, 1.54) is 11.1 Å². The molecular weight excluding hydrogens is 408 g/mol. The topological polar surface area (TPSA) is 58.6 Å². The van der Waals surface area contributed by atoms with Gasteiger partial charge in [-0.15, -0.1) is 0 Å². The summed E-state index contributed by atoms with van der Waals surface area (Å²) in [5.74, 6) is 0.0935. The SMILES string of the molecule is CC(C)NC(=O)[C@@]1(Cc2ccc(-c3ccsc3)cc2)CCN(C(=O)[C@@H]2CCCCO2)C1. The number of carbonyl (C=O) groups is 2. The van der Waals surface area contributed by atoms with Gasteiger partial charge < -0.3 is 15.0 Å². The predicted octanol–water partition coefficient (Wildman–Crippen LogP) is 4.27. The number of ether oxygens (including phenoxy) is 1. The van der Waals surface area contributed by atoms with E-state index in [4.69, 9.17) is 4.74 Å². The van der Waals surface area contributed by atoms with Crippen LogP contribution in [0.4, 0.5) is 0 Å². The highest BCUT2D eigenvalue weighted by Crippen LogP contribution is 2.36. The maximum absolute atomic E-state index is 13.3. The molecule has 2 aliphatic rings. The van der Waals surface area contributed by atoms with Crippen molar-refractivity contribution in [3.8, 4) is 11.1 Å². The smallest absolute Gasteiger partial charge is 0.251 e. The maximum atomic E-state index is 13.3. The Balaban J connectivity index is 1.51. The van der Waals surface area contributed by atoms with Crippen molar-refractivity contribution in [1.82, 2.24) is 10.2 Å². The number of benzene rings is 1. The average molecular weight is 441 g/mol. The van der Waals surface area contributed by atoms with Crippen LogP contribution in [0.1, 0.15) is 45.1 Å². The summed E-state index contributed by atoms with van der Waals surface area (Å²) in [6.45, 7) is 5.68. The van der Waals surface area contributed by atoms with E-state index in [1.54, 1.807) is 11.3 Å². The molecule has 0 spiro atoms. The van der Waals surface area contributed by atoms with E-state index in [1.807, 2.05) is 18.7 Å². The molecule has 0 saturated carbocycles. The summed E-state index contributed by atoms with van der Waals surface area (Å²) in [6.07, 6.45) is 3.79. The van der Waals surface area contributed by atoms with Crippen LogP contribution in [-0.4, -0.2) is 48.6 Å². The van der Waals surface area contributed by atoms with Gasteiger partial charge in [-0.2, -0.15) is 11.3 Å². The predicted molar refractivity (Wildman–Crippen MR) is 124 cm³/mol. The first-order valence-electron chi connectivity index (χ1n) is 11.3. The van der Waals surface area contributed by atoms with Crippen molar-refractivity contribution in [2.45, 2.75) is 58.1 Å². The molecule has 1 aromatic heterocycles. The third kappa shape index (κ3) is 5.01. The van der Waals surface area contributed by atoms with E-state index in [9.17, 15) is 9.59 Å². The van der Waals surface area contributed by atoms with Crippen molar-refractivity contribution in [2.75, 3.05) is 19.7 Å². The Bertz CT molecular complexity index is 888. The summed E-state index contributed by atoms with van der Waals surface area (Å²) in [4.78, 5) is 28.2. The van der Waals surface area contributed by atoms with Gasteiger partial charge in [-0.05, 0) is 79.5 Å². The fourth-order valence-corrected chi connectivity index (χ4v) is 5.32. The lowest BCUT2D eigenvalue weighted by atomic mass is 9.79. The number of hydrogen-bond acceptors (Lipinski definition) is 4. The lowest BCUT2D eigenvalue weighted by Gasteiger charge is -2.31. The van der Waals surface area contributed by atoms with Crippen molar-refractivity contribution in [3.63, 3.8) is 0 Å². The van der Waals surface area contributed by atoms with Crippen LogP contribution >= 0.6 is 11.3 Å². The van der Waals surface area contributed by atoms with Crippen molar-refractivity contribution in [3.05, 3.63) is 46.7 Å². The molecule has 2 atom stereocenters. The highest BCUT2D eigenvalue weighted by molar-refractivity contribution is 7.08. The minimum absolute atomic E-state index is 0.0456. The van der Waals surface area contributed by atoms with Crippen molar-refractivity contribution in [2.24, 2.45) is 5.41 Å². The van der Waals surface area contributed by atoms with Crippen LogP contribution in [-0.2, 0) is 20.7 Å². The van der Waals surface area contributed by atoms with Crippen LogP contribution in [0, 0.1) is 5.41 Å². The minimum Gasteiger partial charge on any atom is -0.368 e.